The first-order chi connectivity index (χ1) is 8.21. The Labute approximate surface area is 103 Å². The molecule has 18 heavy (non-hydrogen) atoms. The summed E-state index contributed by atoms with van der Waals surface area (Å²) in [6.45, 7) is 0. The molecule has 0 saturated heterocycles. The zero-order chi connectivity index (χ0) is 13.6. The van der Waals surface area contributed by atoms with Crippen LogP contribution in [0.1, 0.15) is 0 Å². The predicted octanol–water partition coefficient (Wildman–Crippen LogP) is 1.37. The van der Waals surface area contributed by atoms with E-state index in [9.17, 15) is 26.1 Å². The second kappa shape index (κ2) is 4.21. The van der Waals surface area contributed by atoms with Gasteiger partial charge in [0.25, 0.3) is 5.94 Å². The third kappa shape index (κ3) is 2.35. The average molecular weight is 302 g/mol. The standard InChI is InChI=1S/C8H5F3O5S2/c9-8(10,11)18(13,14)16-5-1-2-7-6(3-5)15-4-17(7)12/h1-3H,4H2. The molecule has 1 aromatic rings. The quantitative estimate of drug-likeness (QED) is 0.468. The van der Waals surface area contributed by atoms with Gasteiger partial charge in [-0.15, -0.1) is 0 Å². The smallest absolute Gasteiger partial charge is 0.534 e. The third-order valence-corrected chi connectivity index (χ3v) is 4.11. The maximum Gasteiger partial charge on any atom is 0.534 e. The topological polar surface area (TPSA) is 75.7 Å². The van der Waals surface area contributed by atoms with Gasteiger partial charge in [-0.3, -0.25) is 0 Å². The van der Waals surface area contributed by atoms with E-state index in [-0.39, 0.29) is 16.6 Å². The van der Waals surface area contributed by atoms with Crippen LogP contribution in [0.4, 0.5) is 13.2 Å². The molecule has 1 heterocycles. The Balaban J connectivity index is 2.28. The summed E-state index contributed by atoms with van der Waals surface area (Å²) in [6, 6.07) is 3.12. The van der Waals surface area contributed by atoms with Crippen molar-refractivity contribution < 1.29 is 35.1 Å². The molecule has 1 aromatic carbocycles. The van der Waals surface area contributed by atoms with Crippen LogP contribution in [0.5, 0.6) is 11.5 Å². The van der Waals surface area contributed by atoms with Gasteiger partial charge in [-0.2, -0.15) is 21.6 Å². The van der Waals surface area contributed by atoms with Crippen LogP contribution in [0.25, 0.3) is 0 Å². The van der Waals surface area contributed by atoms with Crippen molar-refractivity contribution in [1.29, 1.82) is 0 Å². The monoisotopic (exact) mass is 302 g/mol. The SMILES string of the molecule is O=S(=O)(Oc1ccc2c(c1)OC[S+]2[O-])C(F)(F)F. The molecule has 1 aliphatic rings. The van der Waals surface area contributed by atoms with Crippen molar-refractivity contribution in [2.75, 3.05) is 5.94 Å². The molecule has 1 aliphatic heterocycles. The third-order valence-electron chi connectivity index (χ3n) is 1.97. The van der Waals surface area contributed by atoms with E-state index in [1.54, 1.807) is 0 Å². The van der Waals surface area contributed by atoms with E-state index in [1.807, 2.05) is 0 Å². The van der Waals surface area contributed by atoms with Crippen LogP contribution in [0, 0.1) is 0 Å². The molecule has 0 amide bonds. The van der Waals surface area contributed by atoms with E-state index < -0.39 is 32.6 Å². The maximum absolute atomic E-state index is 12.1. The van der Waals surface area contributed by atoms with Crippen LogP contribution in [0.2, 0.25) is 0 Å². The molecule has 0 aromatic heterocycles. The molecule has 100 valence electrons. The normalized spacial score (nSPS) is 19.2. The minimum absolute atomic E-state index is 0.0446. The molecule has 1 atom stereocenters. The van der Waals surface area contributed by atoms with Gasteiger partial charge in [-0.25, -0.2) is 0 Å². The van der Waals surface area contributed by atoms with Crippen LogP contribution in [-0.2, 0) is 21.3 Å². The molecular formula is C8H5F3O5S2. The molecule has 10 heteroatoms. The van der Waals surface area contributed by atoms with E-state index in [1.165, 1.54) is 6.07 Å². The first-order valence-corrected chi connectivity index (χ1v) is 7.09. The van der Waals surface area contributed by atoms with E-state index in [2.05, 4.69) is 4.18 Å². The number of alkyl halides is 3. The van der Waals surface area contributed by atoms with Crippen molar-refractivity contribution in [3.63, 3.8) is 0 Å². The Morgan fingerprint density at radius 3 is 2.67 bits per heavy atom. The van der Waals surface area contributed by atoms with Gasteiger partial charge >= 0.3 is 15.6 Å². The average Bonchev–Trinajstić information content (AvgIpc) is 2.58. The Bertz CT molecular complexity index is 569. The Hall–Kier alpha value is -1.13. The first-order valence-electron chi connectivity index (χ1n) is 4.37. The fraction of sp³-hybridized carbons (Fsp3) is 0.250. The molecule has 0 bridgehead atoms. The molecule has 0 aliphatic carbocycles. The molecule has 0 fully saturated rings. The number of benzene rings is 1. The lowest BCUT2D eigenvalue weighted by Crippen LogP contribution is -2.28. The highest BCUT2D eigenvalue weighted by molar-refractivity contribution is 7.91. The fourth-order valence-corrected chi connectivity index (χ4v) is 2.57. The van der Waals surface area contributed by atoms with Gasteiger partial charge in [0.15, 0.2) is 10.6 Å². The number of hydrogen-bond acceptors (Lipinski definition) is 5. The lowest BCUT2D eigenvalue weighted by atomic mass is 10.3. The van der Waals surface area contributed by atoms with Crippen molar-refractivity contribution in [2.45, 2.75) is 10.4 Å². The van der Waals surface area contributed by atoms with Crippen LogP contribution >= 0.6 is 0 Å². The highest BCUT2D eigenvalue weighted by Gasteiger charge is 2.48. The van der Waals surface area contributed by atoms with Gasteiger partial charge in [0, 0.05) is 23.3 Å². The Morgan fingerprint density at radius 2 is 2.06 bits per heavy atom. The highest BCUT2D eigenvalue weighted by atomic mass is 32.2. The van der Waals surface area contributed by atoms with E-state index in [0.717, 1.165) is 12.1 Å². The maximum atomic E-state index is 12.1. The summed E-state index contributed by atoms with van der Waals surface area (Å²) < 4.78 is 77.7. The Morgan fingerprint density at radius 1 is 1.39 bits per heavy atom. The second-order valence-electron chi connectivity index (χ2n) is 3.20. The summed E-state index contributed by atoms with van der Waals surface area (Å²) >= 11 is -1.40. The summed E-state index contributed by atoms with van der Waals surface area (Å²) in [7, 11) is -5.71. The minimum Gasteiger partial charge on any atom is -0.609 e. The van der Waals surface area contributed by atoms with Crippen LogP contribution in [-0.4, -0.2) is 24.4 Å². The van der Waals surface area contributed by atoms with Gasteiger partial charge in [-0.1, -0.05) is 0 Å². The highest BCUT2D eigenvalue weighted by Crippen LogP contribution is 2.36. The van der Waals surface area contributed by atoms with E-state index in [0.29, 0.717) is 0 Å². The van der Waals surface area contributed by atoms with Crippen LogP contribution < -0.4 is 8.92 Å². The van der Waals surface area contributed by atoms with Crippen molar-refractivity contribution >= 4 is 21.3 Å². The molecule has 0 spiro atoms. The summed E-state index contributed by atoms with van der Waals surface area (Å²) in [5.41, 5.74) is -5.50. The molecule has 0 N–H and O–H groups in total. The predicted molar refractivity (Wildman–Crippen MR) is 53.9 cm³/mol. The van der Waals surface area contributed by atoms with Crippen molar-refractivity contribution in [1.82, 2.24) is 0 Å². The lowest BCUT2D eigenvalue weighted by molar-refractivity contribution is -0.0500. The van der Waals surface area contributed by atoms with Crippen LogP contribution in [0.3, 0.4) is 0 Å². The second-order valence-corrected chi connectivity index (χ2v) is 6.10. The first kappa shape index (κ1) is 13.3. The Kier molecular flexibility index (Phi) is 3.11. The van der Waals surface area contributed by atoms with Crippen molar-refractivity contribution in [3.8, 4) is 11.5 Å². The molecule has 0 saturated carbocycles. The summed E-state index contributed by atoms with van der Waals surface area (Å²) in [5, 5.41) is 0. The molecule has 2 rings (SSSR count). The zero-order valence-corrected chi connectivity index (χ0v) is 10.1. The van der Waals surface area contributed by atoms with Gasteiger partial charge in [-0.05, 0) is 6.07 Å². The largest absolute Gasteiger partial charge is 0.609 e. The lowest BCUT2D eigenvalue weighted by Gasteiger charge is -2.09. The number of fused-ring (bicyclic) bond motifs is 1. The summed E-state index contributed by atoms with van der Waals surface area (Å²) in [5.74, 6) is -0.627. The fourth-order valence-electron chi connectivity index (χ4n) is 1.20. The van der Waals surface area contributed by atoms with E-state index >= 15 is 0 Å². The number of ether oxygens (including phenoxy) is 1. The number of rotatable bonds is 2. The molecule has 5 nitrogen and oxygen atoms in total. The summed E-state index contributed by atoms with van der Waals surface area (Å²) in [6.07, 6.45) is 0. The van der Waals surface area contributed by atoms with Crippen molar-refractivity contribution in [3.05, 3.63) is 18.2 Å². The van der Waals surface area contributed by atoms with Gasteiger partial charge in [0.05, 0.1) is 0 Å². The van der Waals surface area contributed by atoms with Gasteiger partial charge in [0.1, 0.15) is 5.75 Å². The molecular weight excluding hydrogens is 297 g/mol. The van der Waals surface area contributed by atoms with Crippen molar-refractivity contribution in [2.24, 2.45) is 0 Å². The van der Waals surface area contributed by atoms with Crippen LogP contribution in [0.15, 0.2) is 23.1 Å². The van der Waals surface area contributed by atoms with E-state index in [4.69, 9.17) is 4.74 Å². The molecule has 0 radical (unpaired) electrons. The molecule has 1 unspecified atom stereocenters. The summed E-state index contributed by atoms with van der Waals surface area (Å²) in [4.78, 5) is 0.284. The minimum atomic E-state index is -5.71. The number of hydrogen-bond donors (Lipinski definition) is 0. The number of halogens is 3. The van der Waals surface area contributed by atoms with Gasteiger partial charge < -0.3 is 13.5 Å². The van der Waals surface area contributed by atoms with Gasteiger partial charge in [0.2, 0.25) is 0 Å². The zero-order valence-electron chi connectivity index (χ0n) is 8.43.